The number of para-hydroxylation sites is 1. The van der Waals surface area contributed by atoms with E-state index in [0.29, 0.717) is 25.2 Å². The second kappa shape index (κ2) is 10.4. The monoisotopic (exact) mass is 393 g/mol. The smallest absolute Gasteiger partial charge is 0.224 e. The normalized spacial score (nSPS) is 13.8. The topological polar surface area (TPSA) is 69.7 Å². The van der Waals surface area contributed by atoms with Crippen LogP contribution in [0.15, 0.2) is 60.7 Å². The van der Waals surface area contributed by atoms with Crippen LogP contribution < -0.4 is 10.2 Å². The van der Waals surface area contributed by atoms with Crippen molar-refractivity contribution in [3.63, 3.8) is 0 Å². The van der Waals surface area contributed by atoms with Gasteiger partial charge in [-0.2, -0.15) is 0 Å². The van der Waals surface area contributed by atoms with Crippen molar-refractivity contribution >= 4 is 23.3 Å². The van der Waals surface area contributed by atoms with Crippen molar-refractivity contribution in [2.75, 3.05) is 37.6 Å². The van der Waals surface area contributed by atoms with Gasteiger partial charge in [0.1, 0.15) is 0 Å². The molecule has 152 valence electrons. The van der Waals surface area contributed by atoms with Crippen LogP contribution in [0.3, 0.4) is 0 Å². The molecular weight excluding hydrogens is 366 g/mol. The number of Topliss-reactive ketones (excluding diaryl/α,β-unsaturated/α-hetero) is 1. The SMILES string of the molecule is O=C(CCC(=O)c1ccccc1)NCCC(=O)N1CCN(c2ccccc2)CC1. The van der Waals surface area contributed by atoms with Crippen LogP contribution >= 0.6 is 0 Å². The van der Waals surface area contributed by atoms with Crippen LogP contribution in [-0.2, 0) is 9.59 Å². The molecule has 2 aromatic rings. The average molecular weight is 393 g/mol. The highest BCUT2D eigenvalue weighted by Gasteiger charge is 2.21. The van der Waals surface area contributed by atoms with Crippen molar-refractivity contribution in [2.24, 2.45) is 0 Å². The van der Waals surface area contributed by atoms with Gasteiger partial charge in [0.25, 0.3) is 0 Å². The molecule has 29 heavy (non-hydrogen) atoms. The Balaban J connectivity index is 1.32. The molecule has 3 rings (SSSR count). The van der Waals surface area contributed by atoms with Gasteiger partial charge in [0, 0.05) is 63.2 Å². The summed E-state index contributed by atoms with van der Waals surface area (Å²) in [7, 11) is 0. The van der Waals surface area contributed by atoms with Gasteiger partial charge >= 0.3 is 0 Å². The molecule has 2 aromatic carbocycles. The van der Waals surface area contributed by atoms with E-state index in [1.807, 2.05) is 29.2 Å². The number of nitrogens with one attached hydrogen (secondary N) is 1. The minimum absolute atomic E-state index is 0.0480. The predicted molar refractivity (Wildman–Crippen MR) is 113 cm³/mol. The van der Waals surface area contributed by atoms with E-state index in [1.54, 1.807) is 24.3 Å². The molecule has 0 aromatic heterocycles. The number of benzene rings is 2. The highest BCUT2D eigenvalue weighted by Crippen LogP contribution is 2.15. The van der Waals surface area contributed by atoms with Gasteiger partial charge in [-0.3, -0.25) is 14.4 Å². The molecule has 1 fully saturated rings. The summed E-state index contributed by atoms with van der Waals surface area (Å²) in [5.74, 6) is -0.192. The van der Waals surface area contributed by atoms with Crippen molar-refractivity contribution in [1.29, 1.82) is 0 Å². The van der Waals surface area contributed by atoms with Gasteiger partial charge in [0.05, 0.1) is 0 Å². The number of carbonyl (C=O) groups is 3. The van der Waals surface area contributed by atoms with E-state index in [1.165, 1.54) is 5.69 Å². The Morgan fingerprint density at radius 1 is 0.759 bits per heavy atom. The number of rotatable bonds is 8. The lowest BCUT2D eigenvalue weighted by atomic mass is 10.1. The van der Waals surface area contributed by atoms with E-state index in [-0.39, 0.29) is 36.9 Å². The van der Waals surface area contributed by atoms with Crippen molar-refractivity contribution in [2.45, 2.75) is 19.3 Å². The fourth-order valence-electron chi connectivity index (χ4n) is 3.40. The first kappa shape index (κ1) is 20.6. The van der Waals surface area contributed by atoms with Gasteiger partial charge in [-0.15, -0.1) is 0 Å². The molecular formula is C23H27N3O3. The molecule has 1 aliphatic heterocycles. The fraction of sp³-hybridized carbons (Fsp3) is 0.348. The first-order valence-electron chi connectivity index (χ1n) is 10.1. The van der Waals surface area contributed by atoms with Gasteiger partial charge in [0.2, 0.25) is 11.8 Å². The Hall–Kier alpha value is -3.15. The van der Waals surface area contributed by atoms with E-state index in [0.717, 1.165) is 13.1 Å². The number of hydrogen-bond acceptors (Lipinski definition) is 4. The lowest BCUT2D eigenvalue weighted by molar-refractivity contribution is -0.131. The highest BCUT2D eigenvalue weighted by atomic mass is 16.2. The van der Waals surface area contributed by atoms with Gasteiger partial charge < -0.3 is 15.1 Å². The third-order valence-electron chi connectivity index (χ3n) is 5.09. The minimum Gasteiger partial charge on any atom is -0.368 e. The van der Waals surface area contributed by atoms with E-state index in [4.69, 9.17) is 0 Å². The Morgan fingerprint density at radius 3 is 2.03 bits per heavy atom. The zero-order valence-electron chi connectivity index (χ0n) is 16.5. The second-order valence-corrected chi connectivity index (χ2v) is 7.09. The predicted octanol–water partition coefficient (Wildman–Crippen LogP) is 2.50. The van der Waals surface area contributed by atoms with Crippen molar-refractivity contribution < 1.29 is 14.4 Å². The zero-order chi connectivity index (χ0) is 20.5. The summed E-state index contributed by atoms with van der Waals surface area (Å²) in [6.07, 6.45) is 0.590. The molecule has 0 aliphatic carbocycles. The molecule has 1 heterocycles. The number of carbonyl (C=O) groups excluding carboxylic acids is 3. The first-order chi connectivity index (χ1) is 14.1. The Morgan fingerprint density at radius 2 is 1.38 bits per heavy atom. The molecule has 0 bridgehead atoms. The maximum atomic E-state index is 12.4. The van der Waals surface area contributed by atoms with Crippen molar-refractivity contribution in [1.82, 2.24) is 10.2 Å². The molecule has 0 unspecified atom stereocenters. The third kappa shape index (κ3) is 6.17. The number of amides is 2. The van der Waals surface area contributed by atoms with Crippen LogP contribution in [0.25, 0.3) is 0 Å². The summed E-state index contributed by atoms with van der Waals surface area (Å²) < 4.78 is 0. The van der Waals surface area contributed by atoms with Crippen molar-refractivity contribution in [3.8, 4) is 0 Å². The largest absolute Gasteiger partial charge is 0.368 e. The molecule has 0 radical (unpaired) electrons. The van der Waals surface area contributed by atoms with Gasteiger partial charge in [0.15, 0.2) is 5.78 Å². The third-order valence-corrected chi connectivity index (χ3v) is 5.09. The first-order valence-corrected chi connectivity index (χ1v) is 10.1. The summed E-state index contributed by atoms with van der Waals surface area (Å²) in [5.41, 5.74) is 1.79. The molecule has 0 spiro atoms. The molecule has 0 saturated carbocycles. The van der Waals surface area contributed by atoms with E-state index in [9.17, 15) is 14.4 Å². The van der Waals surface area contributed by atoms with Crippen LogP contribution in [0.4, 0.5) is 5.69 Å². The van der Waals surface area contributed by atoms with Crippen LogP contribution in [0, 0.1) is 0 Å². The number of hydrogen-bond donors (Lipinski definition) is 1. The summed E-state index contributed by atoms with van der Waals surface area (Å²) >= 11 is 0. The average Bonchev–Trinajstić information content (AvgIpc) is 2.78. The quantitative estimate of drug-likeness (QED) is 0.700. The highest BCUT2D eigenvalue weighted by molar-refractivity contribution is 5.97. The second-order valence-electron chi connectivity index (χ2n) is 7.09. The number of piperazine rings is 1. The molecule has 2 amide bonds. The van der Waals surface area contributed by atoms with E-state index in [2.05, 4.69) is 22.3 Å². The molecule has 6 heteroatoms. The molecule has 1 N–H and O–H groups in total. The van der Waals surface area contributed by atoms with Gasteiger partial charge in [-0.05, 0) is 12.1 Å². The van der Waals surface area contributed by atoms with Gasteiger partial charge in [-0.1, -0.05) is 48.5 Å². The number of nitrogens with zero attached hydrogens (tertiary/aromatic N) is 2. The lowest BCUT2D eigenvalue weighted by Gasteiger charge is -2.36. The molecule has 6 nitrogen and oxygen atoms in total. The Bertz CT molecular complexity index is 816. The minimum atomic E-state index is -0.198. The molecule has 0 atom stereocenters. The molecule has 1 aliphatic rings. The zero-order valence-corrected chi connectivity index (χ0v) is 16.5. The van der Waals surface area contributed by atoms with E-state index < -0.39 is 0 Å². The summed E-state index contributed by atoms with van der Waals surface area (Å²) in [6, 6.07) is 19.1. The van der Waals surface area contributed by atoms with Crippen LogP contribution in [0.2, 0.25) is 0 Å². The maximum absolute atomic E-state index is 12.4. The lowest BCUT2D eigenvalue weighted by Crippen LogP contribution is -2.49. The van der Waals surface area contributed by atoms with Gasteiger partial charge in [-0.25, -0.2) is 0 Å². The standard InChI is InChI=1S/C23H27N3O3/c27-21(19-7-3-1-4-8-19)11-12-22(28)24-14-13-23(29)26-17-15-25(16-18-26)20-9-5-2-6-10-20/h1-10H,11-18H2,(H,24,28). The Labute approximate surface area is 171 Å². The van der Waals surface area contributed by atoms with Crippen LogP contribution in [0.5, 0.6) is 0 Å². The maximum Gasteiger partial charge on any atom is 0.224 e. The van der Waals surface area contributed by atoms with Crippen molar-refractivity contribution in [3.05, 3.63) is 66.2 Å². The van der Waals surface area contributed by atoms with Crippen LogP contribution in [-0.4, -0.2) is 55.2 Å². The summed E-state index contributed by atoms with van der Waals surface area (Å²) in [4.78, 5) is 40.5. The summed E-state index contributed by atoms with van der Waals surface area (Å²) in [6.45, 7) is 3.30. The van der Waals surface area contributed by atoms with E-state index >= 15 is 0 Å². The van der Waals surface area contributed by atoms with Crippen LogP contribution in [0.1, 0.15) is 29.6 Å². The fourth-order valence-corrected chi connectivity index (χ4v) is 3.40. The number of ketones is 1. The Kier molecular flexibility index (Phi) is 7.39. The summed E-state index contributed by atoms with van der Waals surface area (Å²) in [5, 5.41) is 2.75. The molecule has 1 saturated heterocycles. The number of anilines is 1.